The van der Waals surface area contributed by atoms with Gasteiger partial charge in [0.05, 0.1) is 44.2 Å². The Hall–Kier alpha value is -2.54. The van der Waals surface area contributed by atoms with E-state index in [4.69, 9.17) is 14.2 Å². The zero-order valence-corrected chi connectivity index (χ0v) is 22.5. The molecule has 1 aliphatic heterocycles. The first kappa shape index (κ1) is 30.4. The number of morpholine rings is 1. The first-order valence-electron chi connectivity index (χ1n) is 13.5. The third-order valence-corrected chi connectivity index (χ3v) is 7.39. The van der Waals surface area contributed by atoms with Crippen LogP contribution < -0.4 is 5.32 Å². The molecule has 1 saturated heterocycles. The number of carbonyl (C=O) groups excluding carboxylic acids is 1. The molecular weight excluding hydrogens is 529 g/mol. The Morgan fingerprint density at radius 3 is 2.48 bits per heavy atom. The Morgan fingerprint density at radius 2 is 1.77 bits per heavy atom. The lowest BCUT2D eigenvalue weighted by molar-refractivity contribution is -0.200. The smallest absolute Gasteiger partial charge is 0.390 e. The van der Waals surface area contributed by atoms with Gasteiger partial charge >= 0.3 is 6.18 Å². The molecule has 0 spiro atoms. The van der Waals surface area contributed by atoms with Crippen LogP contribution in [0.4, 0.5) is 13.2 Å². The highest BCUT2D eigenvalue weighted by atomic mass is 19.4. The van der Waals surface area contributed by atoms with Crippen molar-refractivity contribution in [2.45, 2.75) is 63.1 Å². The molecular formula is C29H37F3N2O6. The van der Waals surface area contributed by atoms with Crippen molar-refractivity contribution in [1.29, 1.82) is 0 Å². The summed E-state index contributed by atoms with van der Waals surface area (Å²) in [5, 5.41) is 24.4. The normalized spacial score (nSPS) is 26.0. The largest absolute Gasteiger partial charge is 0.416 e. The fourth-order valence-corrected chi connectivity index (χ4v) is 5.14. The zero-order chi connectivity index (χ0) is 28.8. The van der Waals surface area contributed by atoms with Crippen molar-refractivity contribution in [2.75, 3.05) is 39.4 Å². The Bertz CT molecular complexity index is 1130. The summed E-state index contributed by atoms with van der Waals surface area (Å²) in [6.07, 6.45) is -8.49. The van der Waals surface area contributed by atoms with Gasteiger partial charge < -0.3 is 29.7 Å². The summed E-state index contributed by atoms with van der Waals surface area (Å²) in [7, 11) is 0. The first-order valence-corrected chi connectivity index (χ1v) is 13.5. The van der Waals surface area contributed by atoms with Gasteiger partial charge in [-0.15, -0.1) is 0 Å². The number of amides is 1. The summed E-state index contributed by atoms with van der Waals surface area (Å²) in [6, 6.07) is 12.3. The monoisotopic (exact) mass is 566 g/mol. The summed E-state index contributed by atoms with van der Waals surface area (Å²) in [4.78, 5) is 15.8. The van der Waals surface area contributed by atoms with Crippen molar-refractivity contribution in [3.8, 4) is 0 Å². The molecule has 4 rings (SSSR count). The van der Waals surface area contributed by atoms with Gasteiger partial charge in [-0.3, -0.25) is 9.69 Å². The van der Waals surface area contributed by atoms with Gasteiger partial charge in [-0.05, 0) is 30.2 Å². The van der Waals surface area contributed by atoms with Crippen molar-refractivity contribution < 1.29 is 42.4 Å². The van der Waals surface area contributed by atoms with Gasteiger partial charge in [0.15, 0.2) is 5.60 Å². The van der Waals surface area contributed by atoms with Gasteiger partial charge in [-0.25, -0.2) is 0 Å². The van der Waals surface area contributed by atoms with Crippen LogP contribution in [0.1, 0.15) is 35.1 Å². The highest BCUT2D eigenvalue weighted by Gasteiger charge is 2.51. The van der Waals surface area contributed by atoms with Crippen LogP contribution in [0.5, 0.6) is 0 Å². The van der Waals surface area contributed by atoms with E-state index in [0.717, 1.165) is 36.3 Å². The lowest BCUT2D eigenvalue weighted by atomic mass is 9.78. The van der Waals surface area contributed by atoms with E-state index in [1.807, 2.05) is 31.2 Å². The second kappa shape index (κ2) is 13.4. The second-order valence-corrected chi connectivity index (χ2v) is 10.5. The van der Waals surface area contributed by atoms with E-state index in [-0.39, 0.29) is 31.6 Å². The Morgan fingerprint density at radius 1 is 1.07 bits per heavy atom. The average molecular weight is 567 g/mol. The fourth-order valence-electron chi connectivity index (χ4n) is 5.14. The molecule has 1 unspecified atom stereocenters. The number of carbonyl (C=O) groups is 1. The molecule has 40 heavy (non-hydrogen) atoms. The molecule has 2 aromatic rings. The summed E-state index contributed by atoms with van der Waals surface area (Å²) < 4.78 is 56.9. The predicted molar refractivity (Wildman–Crippen MR) is 140 cm³/mol. The molecule has 0 bridgehead atoms. The number of aliphatic hydroxyl groups is 2. The molecule has 8 nitrogen and oxygen atoms in total. The number of alkyl halides is 3. The van der Waals surface area contributed by atoms with Crippen LogP contribution in [0.3, 0.4) is 0 Å². The average Bonchev–Trinajstić information content (AvgIpc) is 2.93. The van der Waals surface area contributed by atoms with Crippen LogP contribution in [0, 0.1) is 6.92 Å². The van der Waals surface area contributed by atoms with Crippen LogP contribution in [0.15, 0.2) is 48.5 Å². The maximum atomic E-state index is 13.6. The summed E-state index contributed by atoms with van der Waals surface area (Å²) in [6.45, 7) is 5.54. The number of hydrogen-bond acceptors (Lipinski definition) is 7. The third-order valence-electron chi connectivity index (χ3n) is 7.39. The molecule has 2 aliphatic rings. The summed E-state index contributed by atoms with van der Waals surface area (Å²) in [5.41, 5.74) is -0.225. The van der Waals surface area contributed by atoms with E-state index >= 15 is 0 Å². The van der Waals surface area contributed by atoms with Crippen LogP contribution >= 0.6 is 0 Å². The molecule has 4 atom stereocenters. The molecule has 1 saturated carbocycles. The maximum Gasteiger partial charge on any atom is 0.416 e. The van der Waals surface area contributed by atoms with Gasteiger partial charge in [0.25, 0.3) is 5.91 Å². The minimum atomic E-state index is -4.51. The Kier molecular flexibility index (Phi) is 10.2. The number of halogens is 3. The number of ether oxygens (including phenoxy) is 3. The molecule has 0 aromatic heterocycles. The van der Waals surface area contributed by atoms with Crippen LogP contribution in [0.2, 0.25) is 0 Å². The zero-order valence-electron chi connectivity index (χ0n) is 22.5. The Balaban J connectivity index is 1.49. The molecule has 1 heterocycles. The van der Waals surface area contributed by atoms with Crippen LogP contribution in [-0.4, -0.2) is 84.3 Å². The van der Waals surface area contributed by atoms with Crippen molar-refractivity contribution in [3.63, 3.8) is 0 Å². The quantitative estimate of drug-likeness (QED) is 0.407. The summed E-state index contributed by atoms with van der Waals surface area (Å²) >= 11 is 0. The SMILES string of the molecule is Cc1cccc(CO[C@]2(C(=O)NCCN3CCOCC3)CC(OCc3cccc(C(F)(F)F)c3)[C@H](O)[C@H](O)C2)c1. The van der Waals surface area contributed by atoms with Crippen LogP contribution in [-0.2, 0) is 38.4 Å². The van der Waals surface area contributed by atoms with E-state index in [1.54, 1.807) is 0 Å². The van der Waals surface area contributed by atoms with Crippen molar-refractivity contribution in [3.05, 3.63) is 70.8 Å². The number of rotatable bonds is 10. The number of aliphatic hydroxyl groups excluding tert-OH is 2. The minimum absolute atomic E-state index is 0.0839. The lowest BCUT2D eigenvalue weighted by Crippen LogP contribution is -2.61. The van der Waals surface area contributed by atoms with Crippen molar-refractivity contribution in [1.82, 2.24) is 10.2 Å². The highest BCUT2D eigenvalue weighted by Crippen LogP contribution is 2.36. The molecule has 2 fully saturated rings. The number of aryl methyl sites for hydroxylation is 1. The molecule has 11 heteroatoms. The second-order valence-electron chi connectivity index (χ2n) is 10.5. The van der Waals surface area contributed by atoms with Gasteiger partial charge in [0.2, 0.25) is 0 Å². The molecule has 0 radical (unpaired) electrons. The predicted octanol–water partition coefficient (Wildman–Crippen LogP) is 2.82. The highest BCUT2D eigenvalue weighted by molar-refractivity contribution is 5.85. The van der Waals surface area contributed by atoms with E-state index in [0.29, 0.717) is 26.3 Å². The van der Waals surface area contributed by atoms with E-state index in [2.05, 4.69) is 10.2 Å². The van der Waals surface area contributed by atoms with E-state index in [1.165, 1.54) is 12.1 Å². The van der Waals surface area contributed by atoms with E-state index < -0.39 is 41.6 Å². The number of nitrogens with one attached hydrogen (secondary N) is 1. The minimum Gasteiger partial charge on any atom is -0.390 e. The maximum absolute atomic E-state index is 13.6. The van der Waals surface area contributed by atoms with E-state index in [9.17, 15) is 28.2 Å². The molecule has 1 amide bonds. The first-order chi connectivity index (χ1) is 19.1. The standard InChI is InChI=1S/C29H37F3N2O6/c1-20-4-2-5-21(14-20)19-40-28(27(37)33-8-9-34-10-12-38-13-11-34)16-24(35)26(36)25(17-28)39-18-22-6-3-7-23(15-22)29(30,31)32/h2-7,14-15,24-26,35-36H,8-13,16-19H2,1H3,(H,33,37)/t24-,25?,26-,28+/m1/s1. The topological polar surface area (TPSA) is 100 Å². The van der Waals surface area contributed by atoms with Gasteiger partial charge in [0.1, 0.15) is 6.10 Å². The third kappa shape index (κ3) is 8.02. The van der Waals surface area contributed by atoms with Crippen molar-refractivity contribution >= 4 is 5.91 Å². The number of nitrogens with zero attached hydrogens (tertiary/aromatic N) is 1. The molecule has 220 valence electrons. The molecule has 1 aliphatic carbocycles. The molecule has 3 N–H and O–H groups in total. The number of hydrogen-bond donors (Lipinski definition) is 3. The van der Waals surface area contributed by atoms with Gasteiger partial charge in [0, 0.05) is 39.0 Å². The van der Waals surface area contributed by atoms with Crippen molar-refractivity contribution in [2.24, 2.45) is 0 Å². The van der Waals surface area contributed by atoms with Gasteiger partial charge in [-0.2, -0.15) is 13.2 Å². The summed E-state index contributed by atoms with van der Waals surface area (Å²) in [5.74, 6) is -0.438. The van der Waals surface area contributed by atoms with Gasteiger partial charge in [-0.1, -0.05) is 42.0 Å². The van der Waals surface area contributed by atoms with Crippen LogP contribution in [0.25, 0.3) is 0 Å². The number of benzene rings is 2. The lowest BCUT2D eigenvalue weighted by Gasteiger charge is -2.44. The Labute approximate surface area is 232 Å². The fraction of sp³-hybridized carbons (Fsp3) is 0.552. The molecule has 2 aromatic carbocycles.